The highest BCUT2D eigenvalue weighted by atomic mass is 16.5. The highest BCUT2D eigenvalue weighted by molar-refractivity contribution is 5.62. The van der Waals surface area contributed by atoms with Crippen LogP contribution in [0.15, 0.2) is 24.3 Å². The van der Waals surface area contributed by atoms with Gasteiger partial charge in [0.15, 0.2) is 0 Å². The van der Waals surface area contributed by atoms with Gasteiger partial charge in [0.05, 0.1) is 12.8 Å². The number of hydrogen-bond donors (Lipinski definition) is 1. The van der Waals surface area contributed by atoms with Crippen LogP contribution < -0.4 is 10.5 Å². The highest BCUT2D eigenvalue weighted by Gasteiger charge is 2.14. The summed E-state index contributed by atoms with van der Waals surface area (Å²) in [4.78, 5) is 0. The van der Waals surface area contributed by atoms with Crippen molar-refractivity contribution in [2.75, 3.05) is 7.11 Å². The Kier molecular flexibility index (Phi) is 4.74. The zero-order valence-corrected chi connectivity index (χ0v) is 12.3. The normalized spacial score (nSPS) is 11.1. The van der Waals surface area contributed by atoms with E-state index in [1.54, 1.807) is 7.11 Å². The molecule has 108 valence electrons. The van der Waals surface area contributed by atoms with Crippen LogP contribution in [0.2, 0.25) is 0 Å². The van der Waals surface area contributed by atoms with E-state index in [0.29, 0.717) is 12.5 Å². The molecule has 0 bridgehead atoms. The fraction of sp³-hybridized carbons (Fsp3) is 0.467. The minimum atomic E-state index is 0.392. The second kappa shape index (κ2) is 6.52. The Bertz CT molecular complexity index is 546. The number of ether oxygens (including phenoxy) is 1. The van der Waals surface area contributed by atoms with Crippen molar-refractivity contribution < 1.29 is 4.74 Å². The Morgan fingerprint density at radius 1 is 1.25 bits per heavy atom. The van der Waals surface area contributed by atoms with Crippen molar-refractivity contribution in [3.63, 3.8) is 0 Å². The van der Waals surface area contributed by atoms with E-state index in [-0.39, 0.29) is 0 Å². The van der Waals surface area contributed by atoms with Crippen LogP contribution in [0.5, 0.6) is 5.75 Å². The molecule has 2 N–H and O–H groups in total. The van der Waals surface area contributed by atoms with Gasteiger partial charge in [-0.2, -0.15) is 0 Å². The van der Waals surface area contributed by atoms with Gasteiger partial charge in [-0.3, -0.25) is 0 Å². The molecule has 0 saturated carbocycles. The first-order valence-corrected chi connectivity index (χ1v) is 6.92. The topological polar surface area (TPSA) is 66.0 Å². The maximum absolute atomic E-state index is 5.77. The number of rotatable bonds is 6. The van der Waals surface area contributed by atoms with Crippen molar-refractivity contribution in [2.45, 2.75) is 33.4 Å². The van der Waals surface area contributed by atoms with Gasteiger partial charge >= 0.3 is 0 Å². The predicted molar refractivity (Wildman–Crippen MR) is 79.4 cm³/mol. The van der Waals surface area contributed by atoms with E-state index in [1.165, 1.54) is 0 Å². The molecule has 0 fully saturated rings. The third-order valence-corrected chi connectivity index (χ3v) is 3.28. The molecule has 2 rings (SSSR count). The first-order valence-electron chi connectivity index (χ1n) is 6.92. The van der Waals surface area contributed by atoms with Crippen molar-refractivity contribution in [1.82, 2.24) is 15.0 Å². The molecule has 0 spiro atoms. The van der Waals surface area contributed by atoms with Gasteiger partial charge in [0.2, 0.25) is 0 Å². The van der Waals surface area contributed by atoms with E-state index in [4.69, 9.17) is 10.5 Å². The van der Waals surface area contributed by atoms with E-state index < -0.39 is 0 Å². The van der Waals surface area contributed by atoms with Crippen LogP contribution in [-0.4, -0.2) is 22.1 Å². The highest BCUT2D eigenvalue weighted by Crippen LogP contribution is 2.25. The second-order valence-electron chi connectivity index (χ2n) is 5.22. The lowest BCUT2D eigenvalue weighted by atomic mass is 10.1. The third-order valence-electron chi connectivity index (χ3n) is 3.28. The zero-order chi connectivity index (χ0) is 14.5. The van der Waals surface area contributed by atoms with Gasteiger partial charge in [-0.1, -0.05) is 19.1 Å². The summed E-state index contributed by atoms with van der Waals surface area (Å²) in [7, 11) is 1.66. The monoisotopic (exact) mass is 274 g/mol. The Morgan fingerprint density at radius 3 is 2.50 bits per heavy atom. The Morgan fingerprint density at radius 2 is 1.95 bits per heavy atom. The lowest BCUT2D eigenvalue weighted by molar-refractivity contribution is 0.415. The van der Waals surface area contributed by atoms with Crippen molar-refractivity contribution in [1.29, 1.82) is 0 Å². The third kappa shape index (κ3) is 3.17. The molecule has 0 atom stereocenters. The van der Waals surface area contributed by atoms with Crippen LogP contribution in [0.4, 0.5) is 0 Å². The standard InChI is InChI=1S/C15H22N4O/c1-11(2)8-9-19-15(14(10-16)17-18-19)12-4-6-13(20-3)7-5-12/h4-7,11H,8-10,16H2,1-3H3. The van der Waals surface area contributed by atoms with Gasteiger partial charge < -0.3 is 10.5 Å². The SMILES string of the molecule is COc1ccc(-c2c(CN)nnn2CCC(C)C)cc1. The second-order valence-corrected chi connectivity index (χ2v) is 5.22. The van der Waals surface area contributed by atoms with Crippen LogP contribution in [0.1, 0.15) is 26.0 Å². The quantitative estimate of drug-likeness (QED) is 0.878. The van der Waals surface area contributed by atoms with E-state index in [0.717, 1.165) is 35.7 Å². The molecule has 0 aliphatic carbocycles. The lowest BCUT2D eigenvalue weighted by Crippen LogP contribution is -2.06. The van der Waals surface area contributed by atoms with Crippen molar-refractivity contribution in [3.8, 4) is 17.0 Å². The Balaban J connectivity index is 2.33. The van der Waals surface area contributed by atoms with Gasteiger partial charge in [-0.25, -0.2) is 4.68 Å². The van der Waals surface area contributed by atoms with Gasteiger partial charge in [0.1, 0.15) is 11.4 Å². The van der Waals surface area contributed by atoms with E-state index in [9.17, 15) is 0 Å². The average molecular weight is 274 g/mol. The van der Waals surface area contributed by atoms with Crippen LogP contribution in [-0.2, 0) is 13.1 Å². The zero-order valence-electron chi connectivity index (χ0n) is 12.3. The molecule has 0 amide bonds. The summed E-state index contributed by atoms with van der Waals surface area (Å²) >= 11 is 0. The first-order chi connectivity index (χ1) is 9.65. The molecule has 1 heterocycles. The molecule has 0 unspecified atom stereocenters. The number of nitrogens with zero attached hydrogens (tertiary/aromatic N) is 3. The summed E-state index contributed by atoms with van der Waals surface area (Å²) in [6, 6.07) is 7.91. The van der Waals surface area contributed by atoms with Crippen LogP contribution in [0, 0.1) is 5.92 Å². The van der Waals surface area contributed by atoms with Crippen molar-refractivity contribution in [2.24, 2.45) is 11.7 Å². The minimum absolute atomic E-state index is 0.392. The van der Waals surface area contributed by atoms with Crippen molar-refractivity contribution in [3.05, 3.63) is 30.0 Å². The number of benzene rings is 1. The van der Waals surface area contributed by atoms with E-state index in [2.05, 4.69) is 24.2 Å². The molecule has 5 nitrogen and oxygen atoms in total. The van der Waals surface area contributed by atoms with Gasteiger partial charge in [0, 0.05) is 18.7 Å². The lowest BCUT2D eigenvalue weighted by Gasteiger charge is -2.10. The number of methoxy groups -OCH3 is 1. The molecule has 20 heavy (non-hydrogen) atoms. The van der Waals surface area contributed by atoms with E-state index in [1.807, 2.05) is 28.9 Å². The molecular weight excluding hydrogens is 252 g/mol. The maximum atomic E-state index is 5.77. The number of hydrogen-bond acceptors (Lipinski definition) is 4. The summed E-state index contributed by atoms with van der Waals surface area (Å²) in [6.07, 6.45) is 1.07. The fourth-order valence-electron chi connectivity index (χ4n) is 2.09. The summed E-state index contributed by atoms with van der Waals surface area (Å²) in [5.41, 5.74) is 8.68. The molecule has 1 aromatic carbocycles. The molecule has 0 aliphatic heterocycles. The molecule has 0 radical (unpaired) electrons. The molecule has 0 aliphatic rings. The smallest absolute Gasteiger partial charge is 0.118 e. The summed E-state index contributed by atoms with van der Waals surface area (Å²) in [6.45, 7) is 5.65. The minimum Gasteiger partial charge on any atom is -0.497 e. The van der Waals surface area contributed by atoms with Crippen molar-refractivity contribution >= 4 is 0 Å². The van der Waals surface area contributed by atoms with Crippen LogP contribution in [0.25, 0.3) is 11.3 Å². The average Bonchev–Trinajstić information content (AvgIpc) is 2.88. The molecule has 0 saturated heterocycles. The summed E-state index contributed by atoms with van der Waals surface area (Å²) < 4.78 is 7.14. The van der Waals surface area contributed by atoms with Gasteiger partial charge in [-0.15, -0.1) is 5.10 Å². The van der Waals surface area contributed by atoms with Gasteiger partial charge in [0.25, 0.3) is 0 Å². The van der Waals surface area contributed by atoms with Gasteiger partial charge in [-0.05, 0) is 36.6 Å². The number of nitrogens with two attached hydrogens (primary N) is 1. The summed E-state index contributed by atoms with van der Waals surface area (Å²) in [5, 5.41) is 8.42. The molecule has 1 aromatic heterocycles. The molecule has 2 aromatic rings. The maximum Gasteiger partial charge on any atom is 0.118 e. The van der Waals surface area contributed by atoms with Crippen LogP contribution >= 0.6 is 0 Å². The predicted octanol–water partition coefficient (Wildman–Crippen LogP) is 2.46. The van der Waals surface area contributed by atoms with Crippen LogP contribution in [0.3, 0.4) is 0 Å². The summed E-state index contributed by atoms with van der Waals surface area (Å²) in [5.74, 6) is 1.47. The number of aromatic nitrogens is 3. The molecular formula is C15H22N4O. The Hall–Kier alpha value is -1.88. The largest absolute Gasteiger partial charge is 0.497 e. The number of aryl methyl sites for hydroxylation is 1. The molecule has 5 heteroatoms. The fourth-order valence-corrected chi connectivity index (χ4v) is 2.09. The Labute approximate surface area is 119 Å². The van der Waals surface area contributed by atoms with E-state index >= 15 is 0 Å². The first kappa shape index (κ1) is 14.5.